The zero-order valence-electron chi connectivity index (χ0n) is 31.9. The molecule has 0 saturated carbocycles. The van der Waals surface area contributed by atoms with Gasteiger partial charge in [0.2, 0.25) is 11.8 Å². The maximum Gasteiger partial charge on any atom is 0.446 e. The number of nitrogens with one attached hydrogen (secondary N) is 2. The van der Waals surface area contributed by atoms with Crippen LogP contribution in [0.4, 0.5) is 0 Å². The van der Waals surface area contributed by atoms with Crippen molar-refractivity contribution in [1.82, 2.24) is 10.6 Å². The van der Waals surface area contributed by atoms with Crippen LogP contribution in [0.15, 0.2) is 54.6 Å². The number of rotatable bonds is 29. The highest BCUT2D eigenvalue weighted by Gasteiger charge is 2.26. The number of phenolic OH excluding ortho intramolecular Hbond substituents is 1. The predicted octanol–water partition coefficient (Wildman–Crippen LogP) is 5.42. The van der Waals surface area contributed by atoms with E-state index < -0.39 is 56.8 Å². The van der Waals surface area contributed by atoms with Gasteiger partial charge in [-0.05, 0) is 42.7 Å². The first-order chi connectivity index (χ1) is 26.1. The third-order valence-electron chi connectivity index (χ3n) is 8.38. The lowest BCUT2D eigenvalue weighted by Crippen LogP contribution is -2.51. The summed E-state index contributed by atoms with van der Waals surface area (Å²) in [5.41, 5.74) is 6.68. The minimum Gasteiger partial charge on any atom is -0.508 e. The van der Waals surface area contributed by atoms with Gasteiger partial charge < -0.3 is 30.8 Å². The molecule has 0 aliphatic rings. The Labute approximate surface area is 326 Å². The van der Waals surface area contributed by atoms with Crippen LogP contribution in [-0.4, -0.2) is 80.4 Å². The number of unbranched alkanes of at least 4 members (excludes halogenated alkanes) is 14. The Morgan fingerprint density at radius 3 is 1.76 bits per heavy atom. The van der Waals surface area contributed by atoms with Gasteiger partial charge in [-0.1, -0.05) is 127 Å². The SMILES string of the molecule is CCCCCCCCCCCCCCCCCC(=O)NCCS(=O)(=O)OC[C@H](NC(=O)[C@@H](N)Cc1ccccc1)C(=O)O.O=S(=O)(O)Oc1ccc(O)cc1. The molecule has 0 spiro atoms. The molecule has 2 amide bonds. The molecule has 0 aromatic heterocycles. The Kier molecular flexibility index (Phi) is 25.6. The molecule has 312 valence electrons. The van der Waals surface area contributed by atoms with Gasteiger partial charge in [0.15, 0.2) is 6.04 Å². The molecule has 0 heterocycles. The van der Waals surface area contributed by atoms with Crippen molar-refractivity contribution in [3.8, 4) is 11.5 Å². The highest BCUT2D eigenvalue weighted by molar-refractivity contribution is 7.86. The Morgan fingerprint density at radius 2 is 1.27 bits per heavy atom. The van der Waals surface area contributed by atoms with Crippen LogP contribution in [0.5, 0.6) is 11.5 Å². The Balaban J connectivity index is 0.00000106. The van der Waals surface area contributed by atoms with Gasteiger partial charge in [0.25, 0.3) is 10.1 Å². The van der Waals surface area contributed by atoms with E-state index in [2.05, 4.69) is 21.7 Å². The van der Waals surface area contributed by atoms with Crippen LogP contribution in [0.3, 0.4) is 0 Å². The largest absolute Gasteiger partial charge is 0.508 e. The number of carboxylic acid groups (broad SMARTS) is 1. The lowest BCUT2D eigenvalue weighted by molar-refractivity contribution is -0.142. The van der Waals surface area contributed by atoms with Gasteiger partial charge in [-0.3, -0.25) is 18.3 Å². The summed E-state index contributed by atoms with van der Waals surface area (Å²) in [6, 6.07) is 11.3. The van der Waals surface area contributed by atoms with Crippen LogP contribution in [0.1, 0.15) is 115 Å². The standard InChI is InChI=1S/C32H55N3O7S.C6H6O5S/c1-2-3-4-5-6-7-8-9-10-11-12-13-14-15-19-22-30(36)34-23-24-43(40,41)42-26-29(32(38)39)35-31(37)28(33)25-27-20-17-16-18-21-27;7-5-1-3-6(4-2-5)11-12(8,9)10/h16-18,20-21,28-29H,2-15,19,22-26,33H2,1H3,(H,34,36)(H,35,37)(H,38,39);1-4,7H,(H,8,9,10)/t28-,29-;/m0./s1. The number of amides is 2. The second-order valence-electron chi connectivity index (χ2n) is 13.3. The minimum absolute atomic E-state index is 0.0160. The number of aromatic hydroxyl groups is 1. The summed E-state index contributed by atoms with van der Waals surface area (Å²) in [6.45, 7) is 1.32. The van der Waals surface area contributed by atoms with E-state index in [1.165, 1.54) is 101 Å². The van der Waals surface area contributed by atoms with Gasteiger partial charge in [-0.15, -0.1) is 0 Å². The number of carbonyl (C=O) groups excluding carboxylic acids is 2. The average molecular weight is 816 g/mol. The van der Waals surface area contributed by atoms with Crippen LogP contribution in [-0.2, 0) is 45.5 Å². The number of carboxylic acids is 1. The fraction of sp³-hybridized carbons (Fsp3) is 0.605. The monoisotopic (exact) mass is 815 g/mol. The number of aliphatic carboxylic acids is 1. The molecule has 2 atom stereocenters. The molecule has 2 aromatic carbocycles. The van der Waals surface area contributed by atoms with Gasteiger partial charge >= 0.3 is 16.4 Å². The molecule has 55 heavy (non-hydrogen) atoms. The Bertz CT molecular complexity index is 1580. The van der Waals surface area contributed by atoms with Crippen LogP contribution in [0, 0.1) is 0 Å². The zero-order valence-corrected chi connectivity index (χ0v) is 33.5. The third kappa shape index (κ3) is 27.5. The molecule has 0 aliphatic heterocycles. The highest BCUT2D eigenvalue weighted by atomic mass is 32.3. The molecule has 0 saturated heterocycles. The van der Waals surface area contributed by atoms with E-state index in [1.807, 2.05) is 6.07 Å². The van der Waals surface area contributed by atoms with Gasteiger partial charge in [-0.2, -0.15) is 16.8 Å². The smallest absolute Gasteiger partial charge is 0.446 e. The summed E-state index contributed by atoms with van der Waals surface area (Å²) < 4.78 is 61.8. The fourth-order valence-corrected chi connectivity index (χ4v) is 6.50. The molecule has 2 rings (SSSR count). The van der Waals surface area contributed by atoms with E-state index in [-0.39, 0.29) is 30.4 Å². The van der Waals surface area contributed by atoms with Crippen molar-refractivity contribution in [2.75, 3.05) is 18.9 Å². The minimum atomic E-state index is -4.47. The lowest BCUT2D eigenvalue weighted by Gasteiger charge is -2.18. The zero-order chi connectivity index (χ0) is 41.0. The van der Waals surface area contributed by atoms with Gasteiger partial charge in [0.1, 0.15) is 11.5 Å². The number of carbonyl (C=O) groups is 3. The Hall–Kier alpha value is -3.77. The molecule has 15 nitrogen and oxygen atoms in total. The van der Waals surface area contributed by atoms with Crippen LogP contribution in [0.25, 0.3) is 0 Å². The molecule has 2 aromatic rings. The second kappa shape index (κ2) is 28.6. The molecule has 7 N–H and O–H groups in total. The highest BCUT2D eigenvalue weighted by Crippen LogP contribution is 2.17. The molecule has 0 unspecified atom stereocenters. The fourth-order valence-electron chi connectivity index (χ4n) is 5.33. The molecule has 0 radical (unpaired) electrons. The van der Waals surface area contributed by atoms with Crippen molar-refractivity contribution in [2.45, 2.75) is 128 Å². The normalized spacial score (nSPS) is 12.5. The number of hydrogen-bond acceptors (Lipinski definition) is 11. The lowest BCUT2D eigenvalue weighted by atomic mass is 10.0. The van der Waals surface area contributed by atoms with Crippen LogP contribution >= 0.6 is 0 Å². The molecule has 0 aliphatic carbocycles. The average Bonchev–Trinajstić information content (AvgIpc) is 3.12. The summed E-state index contributed by atoms with van der Waals surface area (Å²) in [5.74, 6) is -3.00. The molecule has 0 bridgehead atoms. The summed E-state index contributed by atoms with van der Waals surface area (Å²) in [5, 5.41) is 23.0. The van der Waals surface area contributed by atoms with Gasteiger partial charge in [0, 0.05) is 13.0 Å². The predicted molar refractivity (Wildman–Crippen MR) is 210 cm³/mol. The first kappa shape index (κ1) is 49.2. The van der Waals surface area contributed by atoms with Gasteiger partial charge in [-0.25, -0.2) is 4.79 Å². The van der Waals surface area contributed by atoms with Crippen molar-refractivity contribution < 1.29 is 54.4 Å². The topological polar surface area (TPSA) is 249 Å². The summed E-state index contributed by atoms with van der Waals surface area (Å²) in [6.07, 6.45) is 19.1. The molecule has 0 fully saturated rings. The summed E-state index contributed by atoms with van der Waals surface area (Å²) in [7, 11) is -8.59. The van der Waals surface area contributed by atoms with Crippen molar-refractivity contribution >= 4 is 38.3 Å². The number of hydrogen-bond donors (Lipinski definition) is 6. The van der Waals surface area contributed by atoms with E-state index in [9.17, 15) is 36.3 Å². The quantitative estimate of drug-likeness (QED) is 0.0341. The van der Waals surface area contributed by atoms with Gasteiger partial charge in [0.05, 0.1) is 18.4 Å². The van der Waals surface area contributed by atoms with Crippen molar-refractivity contribution in [1.29, 1.82) is 0 Å². The van der Waals surface area contributed by atoms with Crippen LogP contribution < -0.4 is 20.6 Å². The van der Waals surface area contributed by atoms with E-state index in [4.69, 9.17) is 19.6 Å². The van der Waals surface area contributed by atoms with Crippen LogP contribution in [0.2, 0.25) is 0 Å². The maximum atomic E-state index is 12.3. The molecular weight excluding hydrogens is 755 g/mol. The summed E-state index contributed by atoms with van der Waals surface area (Å²) in [4.78, 5) is 35.9. The van der Waals surface area contributed by atoms with E-state index in [0.717, 1.165) is 24.8 Å². The third-order valence-corrected chi connectivity index (χ3v) is 9.99. The van der Waals surface area contributed by atoms with E-state index in [1.54, 1.807) is 24.3 Å². The first-order valence-corrected chi connectivity index (χ1v) is 22.0. The summed E-state index contributed by atoms with van der Waals surface area (Å²) >= 11 is 0. The van der Waals surface area contributed by atoms with Crippen molar-refractivity contribution in [2.24, 2.45) is 5.73 Å². The van der Waals surface area contributed by atoms with E-state index in [0.29, 0.717) is 6.42 Å². The molecular formula is C38H61N3O12S2. The number of nitrogens with two attached hydrogens (primary N) is 1. The first-order valence-electron chi connectivity index (χ1n) is 19.0. The van der Waals surface area contributed by atoms with Crippen molar-refractivity contribution in [3.05, 3.63) is 60.2 Å². The van der Waals surface area contributed by atoms with Crippen molar-refractivity contribution in [3.63, 3.8) is 0 Å². The number of benzene rings is 2. The Morgan fingerprint density at radius 1 is 0.764 bits per heavy atom. The van der Waals surface area contributed by atoms with E-state index >= 15 is 0 Å². The number of phenols is 1. The maximum absolute atomic E-state index is 12.3. The molecule has 17 heteroatoms. The second-order valence-corrected chi connectivity index (χ2v) is 16.1.